The van der Waals surface area contributed by atoms with Crippen LogP contribution in [0.4, 0.5) is 0 Å². The zero-order valence-electron chi connectivity index (χ0n) is 13.4. The van der Waals surface area contributed by atoms with E-state index in [2.05, 4.69) is 5.32 Å². The number of aliphatic carboxylic acids is 1. The van der Waals surface area contributed by atoms with E-state index in [9.17, 15) is 19.5 Å². The minimum atomic E-state index is -1.06. The van der Waals surface area contributed by atoms with Gasteiger partial charge in [-0.1, -0.05) is 19.1 Å². The number of rotatable bonds is 7. The van der Waals surface area contributed by atoms with Gasteiger partial charge < -0.3 is 15.3 Å². The van der Waals surface area contributed by atoms with Crippen LogP contribution in [0.1, 0.15) is 52.4 Å². The summed E-state index contributed by atoms with van der Waals surface area (Å²) in [6.45, 7) is 4.30. The lowest BCUT2D eigenvalue weighted by molar-refractivity contribution is -0.145. The third-order valence-corrected chi connectivity index (χ3v) is 3.81. The molecule has 1 saturated heterocycles. The van der Waals surface area contributed by atoms with Crippen molar-refractivity contribution in [1.29, 1.82) is 0 Å². The van der Waals surface area contributed by atoms with Crippen LogP contribution >= 0.6 is 0 Å². The normalized spacial score (nSPS) is 19.9. The van der Waals surface area contributed by atoms with Crippen molar-refractivity contribution in [2.24, 2.45) is 0 Å². The Kier molecular flexibility index (Phi) is 7.63. The second-order valence-electron chi connectivity index (χ2n) is 5.55. The average Bonchev–Trinajstić information content (AvgIpc) is 2.51. The van der Waals surface area contributed by atoms with Gasteiger partial charge in [-0.15, -0.1) is 0 Å². The summed E-state index contributed by atoms with van der Waals surface area (Å²) < 4.78 is 0. The van der Waals surface area contributed by atoms with Crippen LogP contribution in [-0.2, 0) is 14.4 Å². The monoisotopic (exact) mass is 310 g/mol. The highest BCUT2D eigenvalue weighted by atomic mass is 16.4. The highest BCUT2D eigenvalue weighted by Crippen LogP contribution is 2.19. The van der Waals surface area contributed by atoms with E-state index in [0.29, 0.717) is 19.4 Å². The summed E-state index contributed by atoms with van der Waals surface area (Å²) in [6, 6.07) is -1.49. The van der Waals surface area contributed by atoms with Crippen LogP contribution in [0.15, 0.2) is 12.2 Å². The van der Waals surface area contributed by atoms with Crippen molar-refractivity contribution in [1.82, 2.24) is 10.2 Å². The lowest BCUT2D eigenvalue weighted by Crippen LogP contribution is -2.54. The number of piperidine rings is 1. The minimum absolute atomic E-state index is 0.0253. The summed E-state index contributed by atoms with van der Waals surface area (Å²) in [6.07, 6.45) is 7.22. The zero-order valence-corrected chi connectivity index (χ0v) is 13.4. The van der Waals surface area contributed by atoms with Crippen LogP contribution in [0.25, 0.3) is 0 Å². The number of hydrogen-bond acceptors (Lipinski definition) is 3. The Balaban J connectivity index is 2.74. The van der Waals surface area contributed by atoms with Gasteiger partial charge in [-0.3, -0.25) is 9.59 Å². The second-order valence-corrected chi connectivity index (χ2v) is 5.55. The van der Waals surface area contributed by atoms with Crippen molar-refractivity contribution >= 4 is 17.8 Å². The van der Waals surface area contributed by atoms with Crippen molar-refractivity contribution in [2.75, 3.05) is 6.54 Å². The summed E-state index contributed by atoms with van der Waals surface area (Å²) in [7, 11) is 0. The molecule has 2 N–H and O–H groups in total. The highest BCUT2D eigenvalue weighted by molar-refractivity contribution is 5.90. The fraction of sp³-hybridized carbons (Fsp3) is 0.688. The van der Waals surface area contributed by atoms with Crippen LogP contribution in [-0.4, -0.2) is 46.4 Å². The molecule has 1 aliphatic rings. The van der Waals surface area contributed by atoms with Gasteiger partial charge in [-0.25, -0.2) is 4.79 Å². The Bertz CT molecular complexity index is 434. The van der Waals surface area contributed by atoms with Crippen LogP contribution < -0.4 is 5.32 Å². The molecule has 0 aromatic rings. The van der Waals surface area contributed by atoms with Crippen molar-refractivity contribution in [3.05, 3.63) is 12.2 Å². The van der Waals surface area contributed by atoms with Gasteiger partial charge >= 0.3 is 5.97 Å². The Labute approximate surface area is 131 Å². The van der Waals surface area contributed by atoms with E-state index in [1.807, 2.05) is 6.92 Å². The smallest absolute Gasteiger partial charge is 0.326 e. The summed E-state index contributed by atoms with van der Waals surface area (Å²) in [4.78, 5) is 37.3. The third-order valence-electron chi connectivity index (χ3n) is 3.81. The fourth-order valence-electron chi connectivity index (χ4n) is 2.62. The summed E-state index contributed by atoms with van der Waals surface area (Å²) >= 11 is 0. The SMILES string of the molecule is C/C=C/CC(NC(=O)C1CCCCN1C(=O)CCC)C(=O)O. The number of amides is 2. The molecule has 1 heterocycles. The molecule has 0 aliphatic carbocycles. The molecule has 22 heavy (non-hydrogen) atoms. The Hall–Kier alpha value is -1.85. The predicted octanol–water partition coefficient (Wildman–Crippen LogP) is 1.70. The number of carbonyl (C=O) groups excluding carboxylic acids is 2. The van der Waals surface area contributed by atoms with Crippen LogP contribution in [0.5, 0.6) is 0 Å². The lowest BCUT2D eigenvalue weighted by atomic mass is 10.00. The van der Waals surface area contributed by atoms with Gasteiger partial charge in [-0.05, 0) is 39.0 Å². The Morgan fingerprint density at radius 1 is 1.36 bits per heavy atom. The highest BCUT2D eigenvalue weighted by Gasteiger charge is 2.33. The maximum absolute atomic E-state index is 12.4. The average molecular weight is 310 g/mol. The maximum Gasteiger partial charge on any atom is 0.326 e. The molecule has 1 aliphatic heterocycles. The first kappa shape index (κ1) is 18.2. The molecule has 1 rings (SSSR count). The van der Waals surface area contributed by atoms with Gasteiger partial charge in [0.05, 0.1) is 0 Å². The first-order valence-electron chi connectivity index (χ1n) is 7.95. The van der Waals surface area contributed by atoms with Gasteiger partial charge in [0, 0.05) is 13.0 Å². The molecule has 2 atom stereocenters. The quantitative estimate of drug-likeness (QED) is 0.701. The van der Waals surface area contributed by atoms with Crippen molar-refractivity contribution in [2.45, 2.75) is 64.5 Å². The summed E-state index contributed by atoms with van der Waals surface area (Å²) in [5.74, 6) is -1.45. The molecule has 0 spiro atoms. The number of carbonyl (C=O) groups is 3. The number of allylic oxidation sites excluding steroid dienone is 1. The number of carboxylic acid groups (broad SMARTS) is 1. The van der Waals surface area contributed by atoms with Crippen LogP contribution in [0.2, 0.25) is 0 Å². The third kappa shape index (κ3) is 5.16. The maximum atomic E-state index is 12.4. The lowest BCUT2D eigenvalue weighted by Gasteiger charge is -2.35. The van der Waals surface area contributed by atoms with Crippen LogP contribution in [0, 0.1) is 0 Å². The second kappa shape index (κ2) is 9.23. The van der Waals surface area contributed by atoms with Crippen molar-refractivity contribution < 1.29 is 19.5 Å². The molecule has 0 bridgehead atoms. The van der Waals surface area contributed by atoms with E-state index in [1.54, 1.807) is 24.0 Å². The standard InChI is InChI=1S/C16H26N2O4/c1-3-5-9-12(16(21)22)17-15(20)13-10-6-7-11-18(13)14(19)8-4-2/h3,5,12-13H,4,6-11H2,1-2H3,(H,17,20)(H,21,22)/b5-3+. The van der Waals surface area contributed by atoms with E-state index in [0.717, 1.165) is 19.3 Å². The van der Waals surface area contributed by atoms with E-state index in [4.69, 9.17) is 0 Å². The van der Waals surface area contributed by atoms with Crippen LogP contribution in [0.3, 0.4) is 0 Å². The molecule has 124 valence electrons. The van der Waals surface area contributed by atoms with Crippen molar-refractivity contribution in [3.8, 4) is 0 Å². The number of nitrogens with zero attached hydrogens (tertiary/aromatic N) is 1. The molecule has 0 aromatic heterocycles. The first-order valence-corrected chi connectivity index (χ1v) is 7.95. The van der Waals surface area contributed by atoms with E-state index in [1.165, 1.54) is 0 Å². The fourth-order valence-corrected chi connectivity index (χ4v) is 2.62. The predicted molar refractivity (Wildman–Crippen MR) is 83.3 cm³/mol. The zero-order chi connectivity index (χ0) is 16.5. The largest absolute Gasteiger partial charge is 0.480 e. The molecule has 6 heteroatoms. The molecular formula is C16H26N2O4. The van der Waals surface area contributed by atoms with E-state index >= 15 is 0 Å². The molecule has 0 aromatic carbocycles. The summed E-state index contributed by atoms with van der Waals surface area (Å²) in [5.41, 5.74) is 0. The Morgan fingerprint density at radius 2 is 2.09 bits per heavy atom. The molecule has 0 saturated carbocycles. The van der Waals surface area contributed by atoms with Gasteiger partial charge in [0.2, 0.25) is 11.8 Å². The van der Waals surface area contributed by atoms with Gasteiger partial charge in [-0.2, -0.15) is 0 Å². The van der Waals surface area contributed by atoms with Gasteiger partial charge in [0.25, 0.3) is 0 Å². The van der Waals surface area contributed by atoms with Gasteiger partial charge in [0.1, 0.15) is 12.1 Å². The number of carboxylic acids is 1. The first-order chi connectivity index (χ1) is 10.5. The molecule has 1 fully saturated rings. The van der Waals surface area contributed by atoms with Crippen molar-refractivity contribution in [3.63, 3.8) is 0 Å². The van der Waals surface area contributed by atoms with E-state index in [-0.39, 0.29) is 18.2 Å². The van der Waals surface area contributed by atoms with E-state index < -0.39 is 18.1 Å². The minimum Gasteiger partial charge on any atom is -0.480 e. The summed E-state index contributed by atoms with van der Waals surface area (Å²) in [5, 5.41) is 11.7. The molecule has 6 nitrogen and oxygen atoms in total. The number of likely N-dealkylation sites (tertiary alicyclic amines) is 1. The Morgan fingerprint density at radius 3 is 2.68 bits per heavy atom. The van der Waals surface area contributed by atoms with Gasteiger partial charge in [0.15, 0.2) is 0 Å². The number of hydrogen-bond donors (Lipinski definition) is 2. The molecular weight excluding hydrogens is 284 g/mol. The molecule has 2 unspecified atom stereocenters. The topological polar surface area (TPSA) is 86.7 Å². The number of nitrogens with one attached hydrogen (secondary N) is 1. The molecule has 2 amide bonds. The molecule has 0 radical (unpaired) electrons.